The maximum absolute atomic E-state index is 12.8. The van der Waals surface area contributed by atoms with E-state index in [1.165, 1.54) is 6.07 Å². The van der Waals surface area contributed by atoms with Crippen molar-refractivity contribution in [2.45, 2.75) is 24.1 Å². The third-order valence-electron chi connectivity index (χ3n) is 4.38. The summed E-state index contributed by atoms with van der Waals surface area (Å²) in [6.45, 7) is 0.158. The van der Waals surface area contributed by atoms with Gasteiger partial charge in [0.1, 0.15) is 10.3 Å². The Morgan fingerprint density at radius 3 is 2.53 bits per heavy atom. The SMILES string of the molecule is C.O=C(O)C(Cc1ccccc1)NS(=O)(=O)c1ccc(-c2ccc3c(c2)OCO3)s1. The molecule has 1 unspecified atom stereocenters. The molecule has 0 aliphatic carbocycles. The van der Waals surface area contributed by atoms with Crippen LogP contribution >= 0.6 is 11.3 Å². The van der Waals surface area contributed by atoms with Gasteiger partial charge in [-0.15, -0.1) is 11.3 Å². The summed E-state index contributed by atoms with van der Waals surface area (Å²) in [6, 6.07) is 16.1. The van der Waals surface area contributed by atoms with E-state index >= 15 is 0 Å². The lowest BCUT2D eigenvalue weighted by Crippen LogP contribution is -2.42. The molecule has 2 heterocycles. The summed E-state index contributed by atoms with van der Waals surface area (Å²) in [7, 11) is -3.99. The van der Waals surface area contributed by atoms with Gasteiger partial charge in [0.25, 0.3) is 10.0 Å². The van der Waals surface area contributed by atoms with Gasteiger partial charge in [0.05, 0.1) is 0 Å². The highest BCUT2D eigenvalue weighted by atomic mass is 32.2. The predicted octanol–water partition coefficient (Wildman–Crippen LogP) is 3.75. The van der Waals surface area contributed by atoms with Crippen molar-refractivity contribution in [1.82, 2.24) is 4.72 Å². The Balaban J connectivity index is 0.00000256. The second kappa shape index (κ2) is 8.86. The first-order valence-corrected chi connectivity index (χ1v) is 11.0. The number of nitrogens with one attached hydrogen (secondary N) is 1. The van der Waals surface area contributed by atoms with E-state index in [9.17, 15) is 18.3 Å². The van der Waals surface area contributed by atoms with Gasteiger partial charge >= 0.3 is 5.97 Å². The van der Waals surface area contributed by atoms with Crippen LogP contribution in [-0.4, -0.2) is 32.3 Å². The monoisotopic (exact) mass is 447 g/mol. The number of benzene rings is 2. The van der Waals surface area contributed by atoms with Gasteiger partial charge in [-0.3, -0.25) is 4.79 Å². The molecule has 1 aliphatic heterocycles. The van der Waals surface area contributed by atoms with E-state index in [2.05, 4.69) is 4.72 Å². The number of carbonyl (C=O) groups is 1. The van der Waals surface area contributed by atoms with Crippen LogP contribution in [0.1, 0.15) is 13.0 Å². The van der Waals surface area contributed by atoms with Crippen molar-refractivity contribution >= 4 is 27.3 Å². The number of aliphatic carboxylic acids is 1. The highest BCUT2D eigenvalue weighted by Crippen LogP contribution is 2.38. The van der Waals surface area contributed by atoms with Crippen molar-refractivity contribution in [3.63, 3.8) is 0 Å². The maximum Gasteiger partial charge on any atom is 0.322 e. The molecular formula is C21H21NO6S2. The van der Waals surface area contributed by atoms with Gasteiger partial charge in [-0.2, -0.15) is 4.72 Å². The molecule has 3 aromatic rings. The number of fused-ring (bicyclic) bond motifs is 1. The van der Waals surface area contributed by atoms with Gasteiger partial charge in [0, 0.05) is 4.88 Å². The highest BCUT2D eigenvalue weighted by Gasteiger charge is 2.27. The Hall–Kier alpha value is -2.88. The quantitative estimate of drug-likeness (QED) is 0.572. The first kappa shape index (κ1) is 21.8. The van der Waals surface area contributed by atoms with E-state index in [4.69, 9.17) is 9.47 Å². The van der Waals surface area contributed by atoms with Crippen LogP contribution in [0.4, 0.5) is 0 Å². The zero-order valence-corrected chi connectivity index (χ0v) is 16.7. The fraction of sp³-hybridized carbons (Fsp3) is 0.190. The summed E-state index contributed by atoms with van der Waals surface area (Å²) in [5.41, 5.74) is 1.52. The van der Waals surface area contributed by atoms with Crippen LogP contribution in [0.2, 0.25) is 0 Å². The minimum absolute atomic E-state index is 0. The number of sulfonamides is 1. The van der Waals surface area contributed by atoms with Gasteiger partial charge in [-0.05, 0) is 47.9 Å². The summed E-state index contributed by atoms with van der Waals surface area (Å²) in [5.74, 6) is 0.0160. The summed E-state index contributed by atoms with van der Waals surface area (Å²) >= 11 is 1.06. The van der Waals surface area contributed by atoms with Crippen molar-refractivity contribution in [3.8, 4) is 21.9 Å². The maximum atomic E-state index is 12.8. The third-order valence-corrected chi connectivity index (χ3v) is 7.48. The largest absolute Gasteiger partial charge is 0.480 e. The summed E-state index contributed by atoms with van der Waals surface area (Å²) < 4.78 is 38.5. The molecule has 1 aliphatic rings. The molecule has 1 aromatic heterocycles. The van der Waals surface area contributed by atoms with Crippen molar-refractivity contribution < 1.29 is 27.8 Å². The van der Waals surface area contributed by atoms with E-state index < -0.39 is 22.0 Å². The van der Waals surface area contributed by atoms with Gasteiger partial charge in [0.2, 0.25) is 6.79 Å². The molecule has 7 nitrogen and oxygen atoms in total. The Morgan fingerprint density at radius 2 is 1.80 bits per heavy atom. The smallest absolute Gasteiger partial charge is 0.322 e. The van der Waals surface area contributed by atoms with Crippen molar-refractivity contribution in [3.05, 3.63) is 66.2 Å². The second-order valence-electron chi connectivity index (χ2n) is 6.39. The van der Waals surface area contributed by atoms with Crippen molar-refractivity contribution in [1.29, 1.82) is 0 Å². The van der Waals surface area contributed by atoms with Crippen LogP contribution in [0, 0.1) is 0 Å². The molecule has 0 radical (unpaired) electrons. The molecule has 0 amide bonds. The highest BCUT2D eigenvalue weighted by molar-refractivity contribution is 7.91. The van der Waals surface area contributed by atoms with Crippen LogP contribution in [0.3, 0.4) is 0 Å². The van der Waals surface area contributed by atoms with E-state index in [0.29, 0.717) is 11.5 Å². The molecule has 4 rings (SSSR count). The number of hydrogen-bond acceptors (Lipinski definition) is 6. The number of carboxylic acid groups (broad SMARTS) is 1. The first-order valence-electron chi connectivity index (χ1n) is 8.71. The fourth-order valence-corrected chi connectivity index (χ4v) is 5.45. The molecule has 1 atom stereocenters. The molecule has 0 saturated heterocycles. The second-order valence-corrected chi connectivity index (χ2v) is 9.41. The molecule has 2 N–H and O–H groups in total. The zero-order valence-electron chi connectivity index (χ0n) is 15.1. The Kier molecular flexibility index (Phi) is 6.45. The van der Waals surface area contributed by atoms with Crippen molar-refractivity contribution in [2.75, 3.05) is 6.79 Å². The third kappa shape index (κ3) is 4.64. The minimum Gasteiger partial charge on any atom is -0.480 e. The number of hydrogen-bond donors (Lipinski definition) is 2. The zero-order chi connectivity index (χ0) is 20.4. The predicted molar refractivity (Wildman–Crippen MR) is 115 cm³/mol. The number of carboxylic acids is 1. The fourth-order valence-electron chi connectivity index (χ4n) is 2.94. The average Bonchev–Trinajstić information content (AvgIpc) is 3.37. The van der Waals surface area contributed by atoms with Crippen molar-refractivity contribution in [2.24, 2.45) is 0 Å². The molecule has 0 spiro atoms. The summed E-state index contributed by atoms with van der Waals surface area (Å²) in [6.07, 6.45) is 0.0514. The van der Waals surface area contributed by atoms with E-state index in [1.54, 1.807) is 42.5 Å². The first-order chi connectivity index (χ1) is 13.9. The van der Waals surface area contributed by atoms with Gasteiger partial charge in [-0.25, -0.2) is 8.42 Å². The summed E-state index contributed by atoms with van der Waals surface area (Å²) in [4.78, 5) is 12.3. The molecule has 2 aromatic carbocycles. The standard InChI is InChI=1S/C20H17NO6S2.CH4/c22-20(23)15(10-13-4-2-1-3-5-13)21-29(24,25)19-9-8-18(28-19)14-6-7-16-17(11-14)27-12-26-16;/h1-9,11,15,21H,10,12H2,(H,22,23);1H4. The molecule has 0 bridgehead atoms. The summed E-state index contributed by atoms with van der Waals surface area (Å²) in [5, 5.41) is 9.47. The average molecular weight is 448 g/mol. The Labute approximate surface area is 179 Å². The van der Waals surface area contributed by atoms with Gasteiger partial charge in [0.15, 0.2) is 11.5 Å². The van der Waals surface area contributed by atoms with Crippen LogP contribution in [0.15, 0.2) is 64.9 Å². The molecule has 9 heteroatoms. The lowest BCUT2D eigenvalue weighted by atomic mass is 10.1. The van der Waals surface area contributed by atoms with Gasteiger partial charge in [-0.1, -0.05) is 37.8 Å². The number of rotatable bonds is 7. The molecule has 0 fully saturated rings. The lowest BCUT2D eigenvalue weighted by molar-refractivity contribution is -0.138. The Bertz CT molecular complexity index is 1140. The lowest BCUT2D eigenvalue weighted by Gasteiger charge is -2.14. The van der Waals surface area contributed by atoms with Crippen LogP contribution in [0.5, 0.6) is 11.5 Å². The topological polar surface area (TPSA) is 102 Å². The molecule has 30 heavy (non-hydrogen) atoms. The molecule has 0 saturated carbocycles. The normalized spacial score (nSPS) is 13.5. The minimum atomic E-state index is -3.99. The van der Waals surface area contributed by atoms with Gasteiger partial charge < -0.3 is 14.6 Å². The van der Waals surface area contributed by atoms with E-state index in [0.717, 1.165) is 27.3 Å². The van der Waals surface area contributed by atoms with Crippen LogP contribution in [-0.2, 0) is 21.2 Å². The Morgan fingerprint density at radius 1 is 1.07 bits per heavy atom. The van der Waals surface area contributed by atoms with Crippen LogP contribution < -0.4 is 14.2 Å². The van der Waals surface area contributed by atoms with E-state index in [1.807, 2.05) is 12.1 Å². The van der Waals surface area contributed by atoms with Crippen LogP contribution in [0.25, 0.3) is 10.4 Å². The number of thiophene rings is 1. The number of ether oxygens (including phenoxy) is 2. The molecular weight excluding hydrogens is 426 g/mol. The van der Waals surface area contributed by atoms with E-state index in [-0.39, 0.29) is 24.8 Å². The molecule has 158 valence electrons.